The minimum Gasteiger partial charge on any atom is -0.394 e. The molecule has 2 N–H and O–H groups in total. The van der Waals surface area contributed by atoms with Crippen LogP contribution in [0.5, 0.6) is 0 Å². The van der Waals surface area contributed by atoms with Crippen molar-refractivity contribution in [2.45, 2.75) is 6.92 Å². The van der Waals surface area contributed by atoms with Crippen molar-refractivity contribution in [1.82, 2.24) is 5.32 Å². The molecule has 0 amide bonds. The van der Waals surface area contributed by atoms with Gasteiger partial charge < -0.3 is 5.32 Å². The zero-order valence-electron chi connectivity index (χ0n) is 5.68. The summed E-state index contributed by atoms with van der Waals surface area (Å²) in [5, 5.41) is 9.42. The SMILES string of the molecule is CN/C=C/C(C)=N\C=N. The smallest absolute Gasteiger partial charge is 0.107 e. The highest BCUT2D eigenvalue weighted by Crippen LogP contribution is 1.75. The first kappa shape index (κ1) is 7.88. The summed E-state index contributed by atoms with van der Waals surface area (Å²) in [6.07, 6.45) is 4.59. The van der Waals surface area contributed by atoms with Crippen molar-refractivity contribution in [2.24, 2.45) is 4.99 Å². The zero-order valence-corrected chi connectivity index (χ0v) is 5.68. The zero-order chi connectivity index (χ0) is 7.11. The third-order valence-electron chi connectivity index (χ3n) is 0.759. The van der Waals surface area contributed by atoms with Crippen LogP contribution >= 0.6 is 0 Å². The maximum atomic E-state index is 6.60. The van der Waals surface area contributed by atoms with Crippen LogP contribution in [0.2, 0.25) is 0 Å². The Bertz CT molecular complexity index is 135. The number of aliphatic imine (C=N–C) groups is 1. The first-order valence-corrected chi connectivity index (χ1v) is 2.68. The van der Waals surface area contributed by atoms with E-state index >= 15 is 0 Å². The van der Waals surface area contributed by atoms with Gasteiger partial charge in [0.25, 0.3) is 0 Å². The third kappa shape index (κ3) is 4.74. The van der Waals surface area contributed by atoms with Crippen molar-refractivity contribution in [3.8, 4) is 0 Å². The number of rotatable bonds is 3. The summed E-state index contributed by atoms with van der Waals surface area (Å²) < 4.78 is 0. The van der Waals surface area contributed by atoms with Crippen molar-refractivity contribution in [3.63, 3.8) is 0 Å². The fraction of sp³-hybridized carbons (Fsp3) is 0.333. The second-order valence-corrected chi connectivity index (χ2v) is 1.52. The predicted octanol–water partition coefficient (Wildman–Crippen LogP) is 0.787. The lowest BCUT2D eigenvalue weighted by Gasteiger charge is -1.85. The summed E-state index contributed by atoms with van der Waals surface area (Å²) in [7, 11) is 1.81. The molecule has 9 heavy (non-hydrogen) atoms. The highest BCUT2D eigenvalue weighted by atomic mass is 14.8. The number of hydrogen-bond acceptors (Lipinski definition) is 2. The molecule has 0 aromatic heterocycles. The molecule has 0 fully saturated rings. The Morgan fingerprint density at radius 3 is 2.78 bits per heavy atom. The largest absolute Gasteiger partial charge is 0.394 e. The molecule has 0 saturated carbocycles. The van der Waals surface area contributed by atoms with Crippen molar-refractivity contribution in [1.29, 1.82) is 5.41 Å². The van der Waals surface area contributed by atoms with Gasteiger partial charge in [-0.25, -0.2) is 4.99 Å². The standard InChI is InChI=1S/C6H11N3/c1-6(9-5-7)3-4-8-2/h3-5,7-8H,1-2H3/b4-3+,7-5?,9-6-. The normalized spacial score (nSPS) is 12.0. The van der Waals surface area contributed by atoms with E-state index in [9.17, 15) is 0 Å². The van der Waals surface area contributed by atoms with Gasteiger partial charge in [0.15, 0.2) is 0 Å². The molecule has 0 rings (SSSR count). The van der Waals surface area contributed by atoms with Gasteiger partial charge >= 0.3 is 0 Å². The van der Waals surface area contributed by atoms with Crippen molar-refractivity contribution < 1.29 is 0 Å². The lowest BCUT2D eigenvalue weighted by molar-refractivity contribution is 1.10. The van der Waals surface area contributed by atoms with Crippen LogP contribution in [0.25, 0.3) is 0 Å². The minimum atomic E-state index is 0.819. The lowest BCUT2D eigenvalue weighted by Crippen LogP contribution is -1.94. The molecule has 3 nitrogen and oxygen atoms in total. The van der Waals surface area contributed by atoms with E-state index in [0.29, 0.717) is 0 Å². The maximum Gasteiger partial charge on any atom is 0.107 e. The quantitative estimate of drug-likeness (QED) is 0.425. The van der Waals surface area contributed by atoms with Crippen LogP contribution in [0.4, 0.5) is 0 Å². The van der Waals surface area contributed by atoms with Crippen LogP contribution < -0.4 is 5.32 Å². The highest BCUT2D eigenvalue weighted by molar-refractivity contribution is 5.96. The number of hydrogen-bond donors (Lipinski definition) is 2. The second kappa shape index (κ2) is 5.03. The Kier molecular flexibility index (Phi) is 4.40. The fourth-order valence-electron chi connectivity index (χ4n) is 0.349. The summed E-state index contributed by atoms with van der Waals surface area (Å²) in [4.78, 5) is 3.69. The molecule has 50 valence electrons. The van der Waals surface area contributed by atoms with Crippen LogP contribution in [0.1, 0.15) is 6.92 Å². The van der Waals surface area contributed by atoms with E-state index in [0.717, 1.165) is 12.1 Å². The molecule has 3 heteroatoms. The Morgan fingerprint density at radius 2 is 2.33 bits per heavy atom. The van der Waals surface area contributed by atoms with E-state index in [-0.39, 0.29) is 0 Å². The summed E-state index contributed by atoms with van der Waals surface area (Å²) in [5.41, 5.74) is 0.819. The molecular weight excluding hydrogens is 114 g/mol. The van der Waals surface area contributed by atoms with Gasteiger partial charge in [-0.05, 0) is 19.2 Å². The topological polar surface area (TPSA) is 48.2 Å². The van der Waals surface area contributed by atoms with E-state index < -0.39 is 0 Å². The molecule has 0 spiro atoms. The van der Waals surface area contributed by atoms with Gasteiger partial charge in [-0.15, -0.1) is 0 Å². The molecule has 0 aromatic carbocycles. The molecule has 0 atom stereocenters. The van der Waals surface area contributed by atoms with Gasteiger partial charge in [0.2, 0.25) is 0 Å². The van der Waals surface area contributed by atoms with Crippen LogP contribution in [0.3, 0.4) is 0 Å². The molecule has 0 radical (unpaired) electrons. The molecule has 0 bridgehead atoms. The Balaban J connectivity index is 3.74. The van der Waals surface area contributed by atoms with E-state index in [2.05, 4.69) is 10.3 Å². The molecule has 0 aliphatic heterocycles. The van der Waals surface area contributed by atoms with Gasteiger partial charge in [-0.3, -0.25) is 5.41 Å². The van der Waals surface area contributed by atoms with Gasteiger partial charge in [0.05, 0.1) is 0 Å². The first-order chi connectivity index (χ1) is 4.31. The van der Waals surface area contributed by atoms with Crippen molar-refractivity contribution >= 4 is 12.1 Å². The minimum absolute atomic E-state index is 0.819. The number of nitrogens with one attached hydrogen (secondary N) is 2. The second-order valence-electron chi connectivity index (χ2n) is 1.52. The monoisotopic (exact) mass is 125 g/mol. The third-order valence-corrected chi connectivity index (χ3v) is 0.759. The fourth-order valence-corrected chi connectivity index (χ4v) is 0.349. The van der Waals surface area contributed by atoms with Crippen LogP contribution in [0.15, 0.2) is 17.3 Å². The summed E-state index contributed by atoms with van der Waals surface area (Å²) in [6, 6.07) is 0. The van der Waals surface area contributed by atoms with Crippen molar-refractivity contribution in [2.75, 3.05) is 7.05 Å². The van der Waals surface area contributed by atoms with E-state index in [1.165, 1.54) is 0 Å². The maximum absolute atomic E-state index is 6.60. The average Bonchev–Trinajstić information content (AvgIpc) is 1.85. The number of allylic oxidation sites excluding steroid dienone is 1. The molecule has 0 saturated heterocycles. The van der Waals surface area contributed by atoms with Gasteiger partial charge in [-0.1, -0.05) is 0 Å². The Hall–Kier alpha value is -1.12. The summed E-state index contributed by atoms with van der Waals surface area (Å²) in [6.45, 7) is 1.83. The molecule has 0 aromatic rings. The number of nitrogens with zero attached hydrogens (tertiary/aromatic N) is 1. The molecule has 0 aliphatic rings. The molecular formula is C6H11N3. The Morgan fingerprint density at radius 1 is 1.67 bits per heavy atom. The van der Waals surface area contributed by atoms with E-state index in [4.69, 9.17) is 5.41 Å². The van der Waals surface area contributed by atoms with Gasteiger partial charge in [0.1, 0.15) is 6.34 Å². The average molecular weight is 125 g/mol. The van der Waals surface area contributed by atoms with Gasteiger partial charge in [-0.2, -0.15) is 0 Å². The van der Waals surface area contributed by atoms with Crippen LogP contribution in [0, 0.1) is 5.41 Å². The van der Waals surface area contributed by atoms with Gasteiger partial charge in [0, 0.05) is 12.8 Å². The lowest BCUT2D eigenvalue weighted by atomic mass is 10.4. The first-order valence-electron chi connectivity index (χ1n) is 2.68. The van der Waals surface area contributed by atoms with Crippen molar-refractivity contribution in [3.05, 3.63) is 12.3 Å². The van der Waals surface area contributed by atoms with E-state index in [1.54, 1.807) is 12.3 Å². The molecule has 0 heterocycles. The van der Waals surface area contributed by atoms with E-state index in [1.807, 2.05) is 14.0 Å². The molecule has 0 unspecified atom stereocenters. The molecule has 0 aliphatic carbocycles. The summed E-state index contributed by atoms with van der Waals surface area (Å²) in [5.74, 6) is 0. The Labute approximate surface area is 55.0 Å². The van der Waals surface area contributed by atoms with Crippen LogP contribution in [-0.2, 0) is 0 Å². The summed E-state index contributed by atoms with van der Waals surface area (Å²) >= 11 is 0. The highest BCUT2D eigenvalue weighted by Gasteiger charge is 1.75. The van der Waals surface area contributed by atoms with Crippen LogP contribution in [-0.4, -0.2) is 19.1 Å². The predicted molar refractivity (Wildman–Crippen MR) is 40.1 cm³/mol.